The van der Waals surface area contributed by atoms with Gasteiger partial charge in [0.1, 0.15) is 11.5 Å². The van der Waals surface area contributed by atoms with Crippen LogP contribution < -0.4 is 4.90 Å². The Balaban J connectivity index is 1.93. The maximum Gasteiger partial charge on any atom is 0.284 e. The van der Waals surface area contributed by atoms with Crippen molar-refractivity contribution in [3.63, 3.8) is 0 Å². The fourth-order valence-corrected chi connectivity index (χ4v) is 3.39. The Bertz CT molecular complexity index is 1020. The van der Waals surface area contributed by atoms with Crippen LogP contribution in [0.4, 0.5) is 5.69 Å². The first kappa shape index (κ1) is 17.5. The molecule has 2 aromatic carbocycles. The van der Waals surface area contributed by atoms with E-state index in [9.17, 15) is 4.79 Å². The third kappa shape index (κ3) is 2.94. The highest BCUT2D eigenvalue weighted by Gasteiger charge is 2.36. The molecule has 2 heterocycles. The van der Waals surface area contributed by atoms with Gasteiger partial charge in [-0.1, -0.05) is 41.9 Å². The second-order valence-corrected chi connectivity index (χ2v) is 7.13. The van der Waals surface area contributed by atoms with Crippen LogP contribution in [0.2, 0.25) is 5.02 Å². The van der Waals surface area contributed by atoms with Crippen LogP contribution >= 0.6 is 11.6 Å². The maximum absolute atomic E-state index is 13.2. The Morgan fingerprint density at radius 1 is 1.15 bits per heavy atom. The van der Waals surface area contributed by atoms with E-state index in [2.05, 4.69) is 4.99 Å². The first-order valence-corrected chi connectivity index (χ1v) is 9.05. The summed E-state index contributed by atoms with van der Waals surface area (Å²) in [4.78, 5) is 26.1. The molecule has 0 aromatic heterocycles. The van der Waals surface area contributed by atoms with E-state index in [4.69, 9.17) is 16.6 Å². The number of nitrogens with zero attached hydrogens (tertiary/aromatic N) is 4. The van der Waals surface area contributed by atoms with Gasteiger partial charge in [-0.2, -0.15) is 0 Å². The van der Waals surface area contributed by atoms with Crippen molar-refractivity contribution >= 4 is 34.7 Å². The van der Waals surface area contributed by atoms with Crippen LogP contribution in [0, 0.1) is 0 Å². The molecule has 2 aliphatic heterocycles. The van der Waals surface area contributed by atoms with Gasteiger partial charge in [0.15, 0.2) is 0 Å². The molecule has 0 atom stereocenters. The molecule has 27 heavy (non-hydrogen) atoms. The topological polar surface area (TPSA) is 48.3 Å². The minimum Gasteiger partial charge on any atom is -0.379 e. The first-order chi connectivity index (χ1) is 13.0. The zero-order valence-corrected chi connectivity index (χ0v) is 16.2. The molecule has 2 aliphatic rings. The number of halogens is 1. The molecule has 0 fully saturated rings. The lowest BCUT2D eigenvalue weighted by Crippen LogP contribution is -2.34. The van der Waals surface area contributed by atoms with E-state index in [1.54, 1.807) is 11.0 Å². The summed E-state index contributed by atoms with van der Waals surface area (Å²) in [5, 5.41) is 0.602. The summed E-state index contributed by atoms with van der Waals surface area (Å²) in [5.74, 6) is 0.495. The van der Waals surface area contributed by atoms with Crippen molar-refractivity contribution in [3.8, 4) is 0 Å². The first-order valence-electron chi connectivity index (χ1n) is 8.67. The molecule has 4 rings (SSSR count). The molecule has 136 valence electrons. The predicted octanol–water partition coefficient (Wildman–Crippen LogP) is 3.73. The van der Waals surface area contributed by atoms with Crippen molar-refractivity contribution < 1.29 is 4.79 Å². The average molecular weight is 379 g/mol. The average Bonchev–Trinajstić information content (AvgIpc) is 2.89. The number of carbonyl (C=O) groups excluding carboxylic acids is 1. The van der Waals surface area contributed by atoms with Crippen LogP contribution in [0.15, 0.2) is 69.9 Å². The highest BCUT2D eigenvalue weighted by atomic mass is 35.5. The minimum atomic E-state index is -0.135. The minimum absolute atomic E-state index is 0.135. The summed E-state index contributed by atoms with van der Waals surface area (Å²) in [7, 11) is 3.80. The Hall–Kier alpha value is -2.92. The van der Waals surface area contributed by atoms with Gasteiger partial charge in [-0.25, -0.2) is 4.99 Å². The van der Waals surface area contributed by atoms with Gasteiger partial charge in [-0.3, -0.25) is 14.7 Å². The summed E-state index contributed by atoms with van der Waals surface area (Å²) in [6, 6.07) is 15.4. The largest absolute Gasteiger partial charge is 0.379 e. The molecular formula is C21H19ClN4O. The third-order valence-electron chi connectivity index (χ3n) is 4.80. The van der Waals surface area contributed by atoms with Crippen molar-refractivity contribution in [3.05, 3.63) is 76.1 Å². The normalized spacial score (nSPS) is 17.6. The van der Waals surface area contributed by atoms with Crippen LogP contribution in [0.1, 0.15) is 18.1 Å². The molecule has 0 saturated carbocycles. The van der Waals surface area contributed by atoms with Crippen molar-refractivity contribution in [1.82, 2.24) is 4.90 Å². The zero-order chi connectivity index (χ0) is 19.1. The van der Waals surface area contributed by atoms with E-state index >= 15 is 0 Å². The van der Waals surface area contributed by atoms with Crippen LogP contribution in [-0.4, -0.2) is 43.0 Å². The zero-order valence-electron chi connectivity index (χ0n) is 15.4. The molecular weight excluding hydrogens is 360 g/mol. The van der Waals surface area contributed by atoms with E-state index in [0.717, 1.165) is 28.2 Å². The number of rotatable bonds is 2. The molecule has 0 radical (unpaired) electrons. The van der Waals surface area contributed by atoms with Gasteiger partial charge in [0.2, 0.25) is 0 Å². The number of aliphatic imine (C=N–C) groups is 2. The van der Waals surface area contributed by atoms with Crippen molar-refractivity contribution in [2.45, 2.75) is 6.92 Å². The summed E-state index contributed by atoms with van der Waals surface area (Å²) < 4.78 is 0. The van der Waals surface area contributed by atoms with E-state index in [1.165, 1.54) is 0 Å². The third-order valence-corrected chi connectivity index (χ3v) is 5.03. The molecule has 2 aromatic rings. The number of benzene rings is 2. The smallest absolute Gasteiger partial charge is 0.284 e. The quantitative estimate of drug-likeness (QED) is 0.747. The lowest BCUT2D eigenvalue weighted by molar-refractivity contribution is -0.114. The lowest BCUT2D eigenvalue weighted by Gasteiger charge is -2.20. The fraction of sp³-hybridized carbons (Fsp3) is 0.190. The lowest BCUT2D eigenvalue weighted by atomic mass is 10.00. The molecule has 0 bridgehead atoms. The second-order valence-electron chi connectivity index (χ2n) is 6.69. The van der Waals surface area contributed by atoms with E-state index in [1.807, 2.05) is 68.4 Å². The summed E-state index contributed by atoms with van der Waals surface area (Å²) in [5.41, 5.74) is 4.65. The number of hydrogen-bond donors (Lipinski definition) is 0. The molecule has 6 heteroatoms. The van der Waals surface area contributed by atoms with E-state index < -0.39 is 0 Å². The van der Waals surface area contributed by atoms with Crippen LogP contribution in [0.5, 0.6) is 0 Å². The predicted molar refractivity (Wildman–Crippen MR) is 110 cm³/mol. The van der Waals surface area contributed by atoms with Crippen molar-refractivity contribution in [2.24, 2.45) is 9.98 Å². The van der Waals surface area contributed by atoms with Gasteiger partial charge < -0.3 is 4.90 Å². The van der Waals surface area contributed by atoms with E-state index in [0.29, 0.717) is 23.1 Å². The Labute approximate surface area is 163 Å². The highest BCUT2D eigenvalue weighted by Crippen LogP contribution is 2.34. The van der Waals surface area contributed by atoms with Gasteiger partial charge in [0, 0.05) is 35.9 Å². The SMILES string of the molecule is CC(=C1N=C2CN=C(c3ccccc3)c3cc(Cl)ccc3N2C1=O)N(C)C. The molecule has 0 aliphatic carbocycles. The Kier molecular flexibility index (Phi) is 4.32. The highest BCUT2D eigenvalue weighted by molar-refractivity contribution is 6.34. The number of amides is 1. The molecule has 1 amide bonds. The number of carbonyl (C=O) groups is 1. The standard InChI is InChI=1S/C21H19ClN4O/c1-13(25(2)3)19-21(27)26-17-10-9-15(22)11-16(17)20(23-12-18(26)24-19)14-7-5-4-6-8-14/h4-11H,12H2,1-3H3. The van der Waals surface area contributed by atoms with Gasteiger partial charge in [-0.05, 0) is 25.1 Å². The van der Waals surface area contributed by atoms with Crippen LogP contribution in [-0.2, 0) is 4.79 Å². The van der Waals surface area contributed by atoms with Gasteiger partial charge in [-0.15, -0.1) is 0 Å². The van der Waals surface area contributed by atoms with E-state index in [-0.39, 0.29) is 5.91 Å². The molecule has 0 unspecified atom stereocenters. The Morgan fingerprint density at radius 2 is 1.89 bits per heavy atom. The number of hydrogen-bond acceptors (Lipinski definition) is 4. The van der Waals surface area contributed by atoms with Crippen molar-refractivity contribution in [2.75, 3.05) is 25.5 Å². The van der Waals surface area contributed by atoms with Crippen LogP contribution in [0.3, 0.4) is 0 Å². The van der Waals surface area contributed by atoms with Gasteiger partial charge in [0.05, 0.1) is 17.9 Å². The summed E-state index contributed by atoms with van der Waals surface area (Å²) in [6.45, 7) is 2.22. The summed E-state index contributed by atoms with van der Waals surface area (Å²) in [6.07, 6.45) is 0. The molecule has 0 spiro atoms. The van der Waals surface area contributed by atoms with Crippen molar-refractivity contribution in [1.29, 1.82) is 0 Å². The summed E-state index contributed by atoms with van der Waals surface area (Å²) >= 11 is 6.28. The number of anilines is 1. The Morgan fingerprint density at radius 3 is 2.59 bits per heavy atom. The van der Waals surface area contributed by atoms with Gasteiger partial charge in [0.25, 0.3) is 5.91 Å². The monoisotopic (exact) mass is 378 g/mol. The number of amidine groups is 1. The van der Waals surface area contributed by atoms with Crippen LogP contribution in [0.25, 0.3) is 0 Å². The van der Waals surface area contributed by atoms with Gasteiger partial charge >= 0.3 is 0 Å². The molecule has 5 nitrogen and oxygen atoms in total. The molecule has 0 N–H and O–H groups in total. The number of fused-ring (bicyclic) bond motifs is 3. The second kappa shape index (κ2) is 6.67. The fourth-order valence-electron chi connectivity index (χ4n) is 3.22. The number of allylic oxidation sites excluding steroid dienone is 1. The molecule has 0 saturated heterocycles. The maximum atomic E-state index is 13.2.